The van der Waals surface area contributed by atoms with Crippen LogP contribution in [0.2, 0.25) is 0 Å². The Balaban J connectivity index is 2.06. The molecule has 1 aliphatic carbocycles. The van der Waals surface area contributed by atoms with Crippen molar-refractivity contribution in [1.29, 1.82) is 0 Å². The van der Waals surface area contributed by atoms with Gasteiger partial charge in [-0.05, 0) is 36.3 Å². The van der Waals surface area contributed by atoms with Gasteiger partial charge in [-0.2, -0.15) is 0 Å². The fourth-order valence-electron chi connectivity index (χ4n) is 2.88. The molecule has 1 aliphatic rings. The monoisotopic (exact) mass is 227 g/mol. The van der Waals surface area contributed by atoms with Gasteiger partial charge in [0, 0.05) is 12.6 Å². The molecule has 2 heteroatoms. The van der Waals surface area contributed by atoms with Crippen LogP contribution in [-0.2, 0) is 6.54 Å². The molecule has 0 saturated heterocycles. The topological polar surface area (TPSA) is 22.0 Å². The number of pyridine rings is 1. The van der Waals surface area contributed by atoms with Crippen LogP contribution in [0.3, 0.4) is 0 Å². The minimum atomic E-state index is 0.135. The van der Waals surface area contributed by atoms with Gasteiger partial charge in [0.15, 0.2) is 0 Å². The first-order valence-corrected chi connectivity index (χ1v) is 6.43. The van der Waals surface area contributed by atoms with Crippen LogP contribution in [0.25, 0.3) is 10.9 Å². The molecule has 2 nitrogen and oxygen atoms in total. The number of aromatic nitrogens is 1. The molecule has 0 N–H and O–H groups in total. The van der Waals surface area contributed by atoms with Crippen molar-refractivity contribution in [1.82, 2.24) is 4.57 Å². The van der Waals surface area contributed by atoms with Crippen molar-refractivity contribution in [3.63, 3.8) is 0 Å². The lowest BCUT2D eigenvalue weighted by Crippen LogP contribution is -2.22. The molecule has 0 bridgehead atoms. The summed E-state index contributed by atoms with van der Waals surface area (Å²) in [5.74, 6) is 0.693. The van der Waals surface area contributed by atoms with E-state index < -0.39 is 0 Å². The number of hydrogen-bond acceptors (Lipinski definition) is 1. The highest BCUT2D eigenvalue weighted by molar-refractivity contribution is 5.78. The van der Waals surface area contributed by atoms with Gasteiger partial charge in [-0.1, -0.05) is 31.0 Å². The summed E-state index contributed by atoms with van der Waals surface area (Å²) in [6, 6.07) is 11.8. The molecular weight excluding hydrogens is 210 g/mol. The van der Waals surface area contributed by atoms with Crippen LogP contribution >= 0.6 is 0 Å². The number of para-hydroxylation sites is 1. The molecule has 0 aliphatic heterocycles. The maximum absolute atomic E-state index is 12.0. The van der Waals surface area contributed by atoms with Crippen molar-refractivity contribution in [2.24, 2.45) is 5.92 Å². The summed E-state index contributed by atoms with van der Waals surface area (Å²) in [6.45, 7) is 0.889. The summed E-state index contributed by atoms with van der Waals surface area (Å²) in [4.78, 5) is 12.0. The molecule has 2 aromatic rings. The van der Waals surface area contributed by atoms with Crippen LogP contribution in [0.15, 0.2) is 41.2 Å². The van der Waals surface area contributed by atoms with E-state index in [-0.39, 0.29) is 5.56 Å². The predicted octanol–water partition coefficient (Wildman–Crippen LogP) is 3.19. The lowest BCUT2D eigenvalue weighted by molar-refractivity contribution is 0.458. The summed E-state index contributed by atoms with van der Waals surface area (Å²) in [7, 11) is 0. The molecule has 1 saturated carbocycles. The van der Waals surface area contributed by atoms with Crippen LogP contribution in [0, 0.1) is 5.92 Å². The molecule has 1 aromatic carbocycles. The molecule has 1 aromatic heterocycles. The Bertz CT molecular complexity index is 579. The zero-order chi connectivity index (χ0) is 11.7. The van der Waals surface area contributed by atoms with Crippen LogP contribution in [0.5, 0.6) is 0 Å². The van der Waals surface area contributed by atoms with E-state index in [0.717, 1.165) is 17.4 Å². The lowest BCUT2D eigenvalue weighted by Gasteiger charge is -2.14. The Labute approximate surface area is 101 Å². The van der Waals surface area contributed by atoms with Gasteiger partial charge in [0.1, 0.15) is 0 Å². The van der Waals surface area contributed by atoms with E-state index in [1.54, 1.807) is 6.07 Å². The highest BCUT2D eigenvalue weighted by Crippen LogP contribution is 2.26. The van der Waals surface area contributed by atoms with Gasteiger partial charge in [0.05, 0.1) is 5.52 Å². The van der Waals surface area contributed by atoms with Gasteiger partial charge in [0.25, 0.3) is 5.56 Å². The average molecular weight is 227 g/mol. The predicted molar refractivity (Wildman–Crippen MR) is 70.2 cm³/mol. The molecule has 0 spiro atoms. The van der Waals surface area contributed by atoms with E-state index in [4.69, 9.17) is 0 Å². The number of nitrogens with zero attached hydrogens (tertiary/aromatic N) is 1. The Kier molecular flexibility index (Phi) is 2.71. The van der Waals surface area contributed by atoms with E-state index in [9.17, 15) is 4.79 Å². The highest BCUT2D eigenvalue weighted by atomic mass is 16.1. The summed E-state index contributed by atoms with van der Waals surface area (Å²) in [5.41, 5.74) is 1.21. The van der Waals surface area contributed by atoms with Crippen LogP contribution in [0.1, 0.15) is 25.7 Å². The summed E-state index contributed by atoms with van der Waals surface area (Å²) in [5, 5.41) is 1.16. The van der Waals surface area contributed by atoms with Crippen LogP contribution in [-0.4, -0.2) is 4.57 Å². The minimum absolute atomic E-state index is 0.135. The third kappa shape index (κ3) is 1.99. The zero-order valence-electron chi connectivity index (χ0n) is 9.93. The van der Waals surface area contributed by atoms with Gasteiger partial charge in [-0.25, -0.2) is 0 Å². The second-order valence-electron chi connectivity index (χ2n) is 4.99. The molecule has 88 valence electrons. The quantitative estimate of drug-likeness (QED) is 0.772. The Morgan fingerprint density at radius 1 is 1.06 bits per heavy atom. The molecule has 0 amide bonds. The first-order chi connectivity index (χ1) is 8.34. The van der Waals surface area contributed by atoms with E-state index in [2.05, 4.69) is 6.07 Å². The van der Waals surface area contributed by atoms with Crippen molar-refractivity contribution >= 4 is 10.9 Å². The number of benzene rings is 1. The van der Waals surface area contributed by atoms with Crippen molar-refractivity contribution in [3.05, 3.63) is 46.8 Å². The van der Waals surface area contributed by atoms with Crippen molar-refractivity contribution in [3.8, 4) is 0 Å². The Morgan fingerprint density at radius 2 is 1.82 bits per heavy atom. The summed E-state index contributed by atoms with van der Waals surface area (Å²) < 4.78 is 1.95. The molecule has 17 heavy (non-hydrogen) atoms. The first-order valence-electron chi connectivity index (χ1n) is 6.43. The minimum Gasteiger partial charge on any atom is -0.308 e. The molecule has 1 fully saturated rings. The molecule has 0 unspecified atom stereocenters. The Morgan fingerprint density at radius 3 is 2.65 bits per heavy atom. The van der Waals surface area contributed by atoms with Crippen LogP contribution in [0.4, 0.5) is 0 Å². The molecule has 3 rings (SSSR count). The van der Waals surface area contributed by atoms with Gasteiger partial charge in [0.2, 0.25) is 0 Å². The summed E-state index contributed by atoms with van der Waals surface area (Å²) >= 11 is 0. The van der Waals surface area contributed by atoms with Gasteiger partial charge in [-0.3, -0.25) is 4.79 Å². The zero-order valence-corrected chi connectivity index (χ0v) is 9.93. The highest BCUT2D eigenvalue weighted by Gasteiger charge is 2.16. The Hall–Kier alpha value is -1.57. The lowest BCUT2D eigenvalue weighted by atomic mass is 10.1. The van der Waals surface area contributed by atoms with E-state index in [0.29, 0.717) is 5.92 Å². The van der Waals surface area contributed by atoms with Gasteiger partial charge >= 0.3 is 0 Å². The van der Waals surface area contributed by atoms with Crippen LogP contribution < -0.4 is 5.56 Å². The number of fused-ring (bicyclic) bond motifs is 1. The van der Waals surface area contributed by atoms with Crippen molar-refractivity contribution in [2.75, 3.05) is 0 Å². The van der Waals surface area contributed by atoms with E-state index >= 15 is 0 Å². The van der Waals surface area contributed by atoms with E-state index in [1.165, 1.54) is 25.7 Å². The molecule has 1 heterocycles. The molecular formula is C15H17NO. The van der Waals surface area contributed by atoms with E-state index in [1.807, 2.05) is 28.8 Å². The third-order valence-corrected chi connectivity index (χ3v) is 3.81. The maximum Gasteiger partial charge on any atom is 0.251 e. The second kappa shape index (κ2) is 4.36. The summed E-state index contributed by atoms with van der Waals surface area (Å²) in [6.07, 6.45) is 5.19. The number of hydrogen-bond donors (Lipinski definition) is 0. The fraction of sp³-hybridized carbons (Fsp3) is 0.400. The average Bonchev–Trinajstić information content (AvgIpc) is 2.86. The van der Waals surface area contributed by atoms with Crippen molar-refractivity contribution < 1.29 is 0 Å². The second-order valence-corrected chi connectivity index (χ2v) is 4.99. The molecule has 0 radical (unpaired) electrons. The fourth-order valence-corrected chi connectivity index (χ4v) is 2.88. The molecule has 0 atom stereocenters. The maximum atomic E-state index is 12.0. The SMILES string of the molecule is O=c1ccc2ccccc2n1CC1CCCC1. The first kappa shape index (κ1) is 10.6. The van der Waals surface area contributed by atoms with Crippen molar-refractivity contribution in [2.45, 2.75) is 32.2 Å². The third-order valence-electron chi connectivity index (χ3n) is 3.81. The largest absolute Gasteiger partial charge is 0.308 e. The van der Waals surface area contributed by atoms with Gasteiger partial charge < -0.3 is 4.57 Å². The standard InChI is InChI=1S/C15H17NO/c17-15-10-9-13-7-3-4-8-14(13)16(15)11-12-5-1-2-6-12/h3-4,7-10,12H,1-2,5-6,11H2. The smallest absolute Gasteiger partial charge is 0.251 e. The van der Waals surface area contributed by atoms with Gasteiger partial charge in [-0.15, -0.1) is 0 Å². The normalized spacial score (nSPS) is 16.7. The number of rotatable bonds is 2.